The summed E-state index contributed by atoms with van der Waals surface area (Å²) < 4.78 is 0. The van der Waals surface area contributed by atoms with E-state index < -0.39 is 16.3 Å². The van der Waals surface area contributed by atoms with E-state index in [-0.39, 0.29) is 10.9 Å². The highest BCUT2D eigenvalue weighted by Gasteiger charge is 2.41. The number of thioether (sulfide) groups is 1. The van der Waals surface area contributed by atoms with Gasteiger partial charge in [-0.05, 0) is 35.0 Å². The predicted molar refractivity (Wildman–Crippen MR) is 133 cm³/mol. The minimum absolute atomic E-state index is 0.0350. The first-order chi connectivity index (χ1) is 16.5. The van der Waals surface area contributed by atoms with Crippen molar-refractivity contribution in [3.8, 4) is 0 Å². The number of carbonyl (C=O) groups excluding carboxylic acids is 2. The van der Waals surface area contributed by atoms with Crippen LogP contribution in [0.4, 0.5) is 14.9 Å². The molecule has 1 aromatic heterocycles. The molecule has 0 radical (unpaired) electrons. The molecule has 9 nitrogen and oxygen atoms in total. The molecule has 0 aliphatic carbocycles. The lowest BCUT2D eigenvalue weighted by Gasteiger charge is -2.22. The molecule has 2 N–H and O–H groups in total. The van der Waals surface area contributed by atoms with Crippen molar-refractivity contribution in [2.45, 2.75) is 11.8 Å². The van der Waals surface area contributed by atoms with Crippen LogP contribution in [0.25, 0.3) is 6.08 Å². The third-order valence-corrected chi connectivity index (χ3v) is 7.04. The van der Waals surface area contributed by atoms with Crippen molar-refractivity contribution >= 4 is 51.2 Å². The van der Waals surface area contributed by atoms with E-state index in [1.165, 1.54) is 22.9 Å². The molecule has 1 fully saturated rings. The summed E-state index contributed by atoms with van der Waals surface area (Å²) in [6.45, 7) is 0.794. The Bertz CT molecular complexity index is 1200. The lowest BCUT2D eigenvalue weighted by atomic mass is 10.2. The zero-order chi connectivity index (χ0) is 23.9. The number of anilines is 1. The Balaban J connectivity index is 1.39. The average Bonchev–Trinajstić information content (AvgIpc) is 3.45. The molecule has 0 spiro atoms. The number of amides is 3. The molecule has 2 heterocycles. The molecule has 1 unspecified atom stereocenters. The molecule has 1 saturated heterocycles. The number of nitrogens with zero attached hydrogens (tertiary/aromatic N) is 3. The van der Waals surface area contributed by atoms with Crippen LogP contribution < -0.4 is 10.6 Å². The fourth-order valence-electron chi connectivity index (χ4n) is 3.27. The maximum atomic E-state index is 13.2. The first kappa shape index (κ1) is 23.5. The van der Waals surface area contributed by atoms with E-state index in [0.29, 0.717) is 29.5 Å². The quantitative estimate of drug-likeness (QED) is 0.198. The topological polar surface area (TPSA) is 117 Å². The number of nitro groups is 1. The van der Waals surface area contributed by atoms with Gasteiger partial charge in [0.1, 0.15) is 11.6 Å². The zero-order valence-electron chi connectivity index (χ0n) is 17.9. The number of imide groups is 1. The molecule has 0 saturated carbocycles. The van der Waals surface area contributed by atoms with Gasteiger partial charge < -0.3 is 10.6 Å². The highest BCUT2D eigenvalue weighted by molar-refractivity contribution is 8.04. The van der Waals surface area contributed by atoms with Gasteiger partial charge in [0, 0.05) is 13.1 Å². The lowest BCUT2D eigenvalue weighted by Crippen LogP contribution is -2.42. The first-order valence-electron chi connectivity index (χ1n) is 10.5. The number of aromatic nitrogens is 1. The van der Waals surface area contributed by atoms with E-state index in [1.54, 1.807) is 6.08 Å². The van der Waals surface area contributed by atoms with Crippen LogP contribution in [0.2, 0.25) is 0 Å². The van der Waals surface area contributed by atoms with Crippen LogP contribution in [0, 0.1) is 10.1 Å². The summed E-state index contributed by atoms with van der Waals surface area (Å²) in [5.41, 5.74) is 1.75. The Hall–Kier alpha value is -3.70. The molecule has 174 valence electrons. The van der Waals surface area contributed by atoms with E-state index in [4.69, 9.17) is 0 Å². The molecule has 1 aliphatic rings. The monoisotopic (exact) mass is 495 g/mol. The Labute approximate surface area is 204 Å². The summed E-state index contributed by atoms with van der Waals surface area (Å²) in [4.78, 5) is 42.1. The van der Waals surface area contributed by atoms with Crippen LogP contribution in [0.15, 0.2) is 71.8 Å². The number of hydrogen-bond donors (Lipinski definition) is 2. The van der Waals surface area contributed by atoms with E-state index in [1.807, 2.05) is 60.7 Å². The van der Waals surface area contributed by atoms with Gasteiger partial charge in [0.15, 0.2) is 5.13 Å². The zero-order valence-corrected chi connectivity index (χ0v) is 19.6. The molecule has 1 aliphatic heterocycles. The van der Waals surface area contributed by atoms with Crippen LogP contribution in [0.5, 0.6) is 0 Å². The summed E-state index contributed by atoms with van der Waals surface area (Å²) in [6, 6.07) is 18.5. The van der Waals surface area contributed by atoms with Crippen molar-refractivity contribution in [3.05, 3.63) is 93.0 Å². The van der Waals surface area contributed by atoms with Crippen molar-refractivity contribution in [1.82, 2.24) is 15.2 Å². The Morgan fingerprint density at radius 1 is 1.12 bits per heavy atom. The second-order valence-corrected chi connectivity index (χ2v) is 9.38. The summed E-state index contributed by atoms with van der Waals surface area (Å²) >= 11 is 2.31. The number of urea groups is 1. The maximum absolute atomic E-state index is 13.2. The largest absolute Gasteiger partial charge is 0.361 e. The Morgan fingerprint density at radius 2 is 1.82 bits per heavy atom. The summed E-state index contributed by atoms with van der Waals surface area (Å²) in [5, 5.41) is 16.5. The molecule has 11 heteroatoms. The minimum Gasteiger partial charge on any atom is -0.361 e. The summed E-state index contributed by atoms with van der Waals surface area (Å²) in [5.74, 6) is -0.339. The van der Waals surface area contributed by atoms with Crippen molar-refractivity contribution in [3.63, 3.8) is 0 Å². The predicted octanol–water partition coefficient (Wildman–Crippen LogP) is 4.88. The molecule has 1 atom stereocenters. The minimum atomic E-state index is -0.488. The van der Waals surface area contributed by atoms with Gasteiger partial charge >= 0.3 is 11.0 Å². The molecule has 4 rings (SSSR count). The number of benzene rings is 2. The summed E-state index contributed by atoms with van der Waals surface area (Å²) in [7, 11) is 0. The molecule has 3 amide bonds. The van der Waals surface area contributed by atoms with Gasteiger partial charge in [0.2, 0.25) is 0 Å². The summed E-state index contributed by atoms with van der Waals surface area (Å²) in [6.07, 6.45) is 3.56. The van der Waals surface area contributed by atoms with Crippen LogP contribution in [-0.4, -0.2) is 39.8 Å². The fourth-order valence-corrected chi connectivity index (χ4v) is 5.17. The SMILES string of the molecule is O=C(NCCCNc1ncc([N+](=O)[O-])s1)N1C(=O)/C(=C/c2ccccc2)SC1c1ccccc1. The van der Waals surface area contributed by atoms with Crippen LogP contribution in [-0.2, 0) is 4.79 Å². The number of hydrogen-bond acceptors (Lipinski definition) is 8. The van der Waals surface area contributed by atoms with Gasteiger partial charge in [-0.15, -0.1) is 0 Å². The second kappa shape index (κ2) is 10.9. The van der Waals surface area contributed by atoms with Crippen molar-refractivity contribution < 1.29 is 14.5 Å². The number of thiazole rings is 1. The highest BCUT2D eigenvalue weighted by Crippen LogP contribution is 2.46. The number of rotatable bonds is 8. The third kappa shape index (κ3) is 5.61. The molecule has 2 aromatic carbocycles. The standard InChI is InChI=1S/C23H21N5O4S2/c29-20-18(14-16-8-3-1-4-9-16)33-21(17-10-5-2-6-11-17)27(20)23(30)25-13-7-12-24-22-26-15-19(34-22)28(31)32/h1-6,8-11,14-15,21H,7,12-13H2,(H,24,26)(H,25,30)/b18-14-. The van der Waals surface area contributed by atoms with E-state index in [9.17, 15) is 19.7 Å². The molecule has 3 aromatic rings. The normalized spacial score (nSPS) is 16.6. The fraction of sp³-hybridized carbons (Fsp3) is 0.174. The van der Waals surface area contributed by atoms with Gasteiger partial charge in [-0.25, -0.2) is 14.7 Å². The van der Waals surface area contributed by atoms with Gasteiger partial charge in [-0.3, -0.25) is 14.9 Å². The number of nitrogens with one attached hydrogen (secondary N) is 2. The van der Waals surface area contributed by atoms with Crippen LogP contribution >= 0.6 is 23.1 Å². The van der Waals surface area contributed by atoms with Crippen LogP contribution in [0.1, 0.15) is 22.9 Å². The molecular weight excluding hydrogens is 474 g/mol. The maximum Gasteiger partial charge on any atom is 0.345 e. The van der Waals surface area contributed by atoms with Crippen LogP contribution in [0.3, 0.4) is 0 Å². The molecule has 0 bridgehead atoms. The molecular formula is C23H21N5O4S2. The van der Waals surface area contributed by atoms with Gasteiger partial charge in [0.25, 0.3) is 5.91 Å². The van der Waals surface area contributed by atoms with Gasteiger partial charge in [-0.1, -0.05) is 72.4 Å². The first-order valence-corrected chi connectivity index (χ1v) is 12.2. The van der Waals surface area contributed by atoms with E-state index in [2.05, 4.69) is 15.6 Å². The lowest BCUT2D eigenvalue weighted by molar-refractivity contribution is -0.380. The molecule has 34 heavy (non-hydrogen) atoms. The van der Waals surface area contributed by atoms with Crippen molar-refractivity contribution in [2.24, 2.45) is 0 Å². The number of carbonyl (C=O) groups is 2. The van der Waals surface area contributed by atoms with Gasteiger partial charge in [-0.2, -0.15) is 0 Å². The Morgan fingerprint density at radius 3 is 2.50 bits per heavy atom. The third-order valence-electron chi connectivity index (χ3n) is 4.88. The van der Waals surface area contributed by atoms with E-state index >= 15 is 0 Å². The van der Waals surface area contributed by atoms with Crippen molar-refractivity contribution in [2.75, 3.05) is 18.4 Å². The smallest absolute Gasteiger partial charge is 0.345 e. The van der Waals surface area contributed by atoms with E-state index in [0.717, 1.165) is 22.5 Å². The van der Waals surface area contributed by atoms with Crippen molar-refractivity contribution in [1.29, 1.82) is 0 Å². The second-order valence-electron chi connectivity index (χ2n) is 7.25. The Kier molecular flexibility index (Phi) is 7.55. The van der Waals surface area contributed by atoms with Gasteiger partial charge in [0.05, 0.1) is 9.83 Å². The average molecular weight is 496 g/mol. The highest BCUT2D eigenvalue weighted by atomic mass is 32.2.